The Morgan fingerprint density at radius 1 is 1.42 bits per heavy atom. The van der Waals surface area contributed by atoms with E-state index < -0.39 is 0 Å². The summed E-state index contributed by atoms with van der Waals surface area (Å²) < 4.78 is 0. The number of ketones is 1. The molecule has 0 unspecified atom stereocenters. The quantitative estimate of drug-likeness (QED) is 0.563. The van der Waals surface area contributed by atoms with E-state index in [-0.39, 0.29) is 18.2 Å². The molecule has 0 bridgehead atoms. The fourth-order valence-corrected chi connectivity index (χ4v) is 1.69. The van der Waals surface area contributed by atoms with Crippen LogP contribution in [0.2, 0.25) is 5.02 Å². The number of likely N-dealkylation sites (N-methyl/N-ethyl adjacent to an activating group) is 1. The van der Waals surface area contributed by atoms with Crippen molar-refractivity contribution in [3.8, 4) is 0 Å². The van der Waals surface area contributed by atoms with E-state index in [2.05, 4.69) is 6.58 Å². The molecule has 0 radical (unpaired) electrons. The maximum atomic E-state index is 11.7. The Morgan fingerprint density at radius 2 is 2.11 bits per heavy atom. The second-order valence-electron chi connectivity index (χ2n) is 4.12. The van der Waals surface area contributed by atoms with Crippen LogP contribution >= 0.6 is 24.0 Å². The predicted octanol–water partition coefficient (Wildman–Crippen LogP) is 3.85. The summed E-state index contributed by atoms with van der Waals surface area (Å²) in [6.45, 7) is 5.19. The number of hydrogen-bond acceptors (Lipinski definition) is 2. The largest absolute Gasteiger partial charge is 0.302 e. The summed E-state index contributed by atoms with van der Waals surface area (Å²) in [5.41, 5.74) is 0.868. The lowest BCUT2D eigenvalue weighted by Gasteiger charge is -2.12. The topological polar surface area (TPSA) is 20.3 Å². The normalized spacial score (nSPS) is 10.5. The van der Waals surface area contributed by atoms with E-state index in [1.54, 1.807) is 12.2 Å². The molecule has 19 heavy (non-hydrogen) atoms. The van der Waals surface area contributed by atoms with Crippen molar-refractivity contribution in [2.24, 2.45) is 0 Å². The van der Waals surface area contributed by atoms with Gasteiger partial charge >= 0.3 is 0 Å². The molecule has 0 aliphatic rings. The number of carbonyl (C=O) groups excluding carboxylic acids is 1. The minimum atomic E-state index is 0. The summed E-state index contributed by atoms with van der Waals surface area (Å²) in [6.07, 6.45) is 5.68. The second kappa shape index (κ2) is 9.79. The molecule has 0 saturated carbocycles. The zero-order chi connectivity index (χ0) is 13.4. The van der Waals surface area contributed by atoms with Gasteiger partial charge in [0.15, 0.2) is 5.78 Å². The first-order valence-electron chi connectivity index (χ1n) is 5.88. The first-order chi connectivity index (χ1) is 8.63. The molecule has 2 nitrogen and oxygen atoms in total. The Morgan fingerprint density at radius 3 is 2.74 bits per heavy atom. The van der Waals surface area contributed by atoms with Gasteiger partial charge in [0.1, 0.15) is 0 Å². The van der Waals surface area contributed by atoms with Crippen molar-refractivity contribution in [3.05, 3.63) is 53.6 Å². The fraction of sp³-hybridized carbons (Fsp3) is 0.267. The second-order valence-corrected chi connectivity index (χ2v) is 4.53. The van der Waals surface area contributed by atoms with Gasteiger partial charge in [-0.15, -0.1) is 19.0 Å². The van der Waals surface area contributed by atoms with Crippen LogP contribution in [0.15, 0.2) is 43.0 Å². The average molecular weight is 300 g/mol. The van der Waals surface area contributed by atoms with Crippen LogP contribution in [0, 0.1) is 0 Å². The number of nitrogens with zero attached hydrogens (tertiary/aromatic N) is 1. The van der Waals surface area contributed by atoms with Crippen LogP contribution in [0.1, 0.15) is 12.0 Å². The Labute approximate surface area is 126 Å². The number of rotatable bonds is 7. The lowest BCUT2D eigenvalue weighted by atomic mass is 10.1. The molecule has 0 saturated heterocycles. The van der Waals surface area contributed by atoms with Gasteiger partial charge in [0.2, 0.25) is 0 Å². The molecular weight excluding hydrogens is 281 g/mol. The average Bonchev–Trinajstić information content (AvgIpc) is 2.36. The lowest BCUT2D eigenvalue weighted by Crippen LogP contribution is -2.21. The van der Waals surface area contributed by atoms with E-state index in [9.17, 15) is 4.79 Å². The van der Waals surface area contributed by atoms with Crippen LogP contribution < -0.4 is 0 Å². The van der Waals surface area contributed by atoms with Crippen LogP contribution in [0.4, 0.5) is 0 Å². The van der Waals surface area contributed by atoms with E-state index in [4.69, 9.17) is 11.6 Å². The summed E-state index contributed by atoms with van der Waals surface area (Å²) in [4.78, 5) is 13.7. The zero-order valence-electron chi connectivity index (χ0n) is 11.0. The third-order valence-electron chi connectivity index (χ3n) is 2.53. The molecule has 0 atom stereocenters. The van der Waals surface area contributed by atoms with E-state index in [1.165, 1.54) is 0 Å². The summed E-state index contributed by atoms with van der Waals surface area (Å²) in [5.74, 6) is 0.103. The fourth-order valence-electron chi connectivity index (χ4n) is 1.49. The molecule has 4 heteroatoms. The molecule has 0 N–H and O–H groups in total. The number of carbonyl (C=O) groups is 1. The highest BCUT2D eigenvalue weighted by Crippen LogP contribution is 2.16. The Kier molecular flexibility index (Phi) is 9.23. The third-order valence-corrected chi connectivity index (χ3v) is 2.88. The third kappa shape index (κ3) is 7.16. The van der Waals surface area contributed by atoms with Crippen LogP contribution in [-0.4, -0.2) is 30.8 Å². The number of allylic oxidation sites excluding steroid dienone is 1. The van der Waals surface area contributed by atoms with Crippen molar-refractivity contribution in [1.29, 1.82) is 0 Å². The minimum Gasteiger partial charge on any atom is -0.302 e. The van der Waals surface area contributed by atoms with Crippen molar-refractivity contribution < 1.29 is 4.79 Å². The number of halogens is 2. The molecule has 1 aromatic rings. The van der Waals surface area contributed by atoms with Crippen LogP contribution in [-0.2, 0) is 4.79 Å². The van der Waals surface area contributed by atoms with Gasteiger partial charge in [0, 0.05) is 24.5 Å². The van der Waals surface area contributed by atoms with Gasteiger partial charge in [0.05, 0.1) is 0 Å². The van der Waals surface area contributed by atoms with E-state index >= 15 is 0 Å². The molecule has 0 aromatic heterocycles. The van der Waals surface area contributed by atoms with E-state index in [1.807, 2.05) is 42.3 Å². The van der Waals surface area contributed by atoms with E-state index in [0.717, 1.165) is 18.7 Å². The van der Waals surface area contributed by atoms with Gasteiger partial charge in [0.25, 0.3) is 0 Å². The van der Waals surface area contributed by atoms with Crippen molar-refractivity contribution in [1.82, 2.24) is 4.90 Å². The maximum Gasteiger partial charge on any atom is 0.156 e. The van der Waals surface area contributed by atoms with Gasteiger partial charge in [-0.25, -0.2) is 0 Å². The first kappa shape index (κ1) is 17.9. The summed E-state index contributed by atoms with van der Waals surface area (Å²) >= 11 is 5.99. The maximum absolute atomic E-state index is 11.7. The van der Waals surface area contributed by atoms with Crippen LogP contribution in [0.3, 0.4) is 0 Å². The molecule has 0 amide bonds. The smallest absolute Gasteiger partial charge is 0.156 e. The molecule has 0 aliphatic heterocycles. The minimum absolute atomic E-state index is 0. The van der Waals surface area contributed by atoms with Gasteiger partial charge in [-0.3, -0.25) is 4.79 Å². The molecular formula is C15H19Cl2NO. The standard InChI is InChI=1S/C15H18ClNO.ClH/c1-3-11-17(2)12-10-14(18)9-8-13-6-4-5-7-15(13)16;/h3-9H,1,10-12H2,2H3;1H. The monoisotopic (exact) mass is 299 g/mol. The van der Waals surface area contributed by atoms with Crippen molar-refractivity contribution >= 4 is 35.9 Å². The highest BCUT2D eigenvalue weighted by atomic mass is 35.5. The van der Waals surface area contributed by atoms with Gasteiger partial charge in [-0.2, -0.15) is 0 Å². The SMILES string of the molecule is C=CCN(C)CCC(=O)C=Cc1ccccc1Cl.Cl. The molecule has 1 rings (SSSR count). The van der Waals surface area contributed by atoms with Crippen molar-refractivity contribution in [2.45, 2.75) is 6.42 Å². The van der Waals surface area contributed by atoms with Crippen LogP contribution in [0.5, 0.6) is 0 Å². The summed E-state index contributed by atoms with van der Waals surface area (Å²) in [7, 11) is 1.97. The van der Waals surface area contributed by atoms with E-state index in [0.29, 0.717) is 11.4 Å². The predicted molar refractivity (Wildman–Crippen MR) is 85.1 cm³/mol. The van der Waals surface area contributed by atoms with Crippen molar-refractivity contribution in [3.63, 3.8) is 0 Å². The molecule has 104 valence electrons. The number of hydrogen-bond donors (Lipinski definition) is 0. The highest BCUT2D eigenvalue weighted by Gasteiger charge is 2.01. The van der Waals surface area contributed by atoms with Gasteiger partial charge in [-0.05, 0) is 30.8 Å². The molecule has 0 spiro atoms. The first-order valence-corrected chi connectivity index (χ1v) is 6.26. The molecule has 0 fully saturated rings. The molecule has 0 heterocycles. The van der Waals surface area contributed by atoms with Crippen molar-refractivity contribution in [2.75, 3.05) is 20.1 Å². The summed E-state index contributed by atoms with van der Waals surface area (Å²) in [5, 5.41) is 0.658. The summed E-state index contributed by atoms with van der Waals surface area (Å²) in [6, 6.07) is 7.46. The zero-order valence-corrected chi connectivity index (χ0v) is 12.6. The van der Waals surface area contributed by atoms with Gasteiger partial charge < -0.3 is 4.90 Å². The molecule has 1 aromatic carbocycles. The molecule has 0 aliphatic carbocycles. The van der Waals surface area contributed by atoms with Crippen LogP contribution in [0.25, 0.3) is 6.08 Å². The Hall–Kier alpha value is -1.09. The highest BCUT2D eigenvalue weighted by molar-refractivity contribution is 6.32. The Bertz CT molecular complexity index is 444. The Balaban J connectivity index is 0.00000324. The number of benzene rings is 1. The lowest BCUT2D eigenvalue weighted by molar-refractivity contribution is -0.114. The van der Waals surface area contributed by atoms with Gasteiger partial charge in [-0.1, -0.05) is 35.9 Å².